The number of carbonyl (C=O) groups excluding carboxylic acids is 3. The van der Waals surface area contributed by atoms with Gasteiger partial charge in [0.2, 0.25) is 0 Å². The first kappa shape index (κ1) is 11.3. The molecule has 6 heteroatoms. The Bertz CT molecular complexity index is 477. The summed E-state index contributed by atoms with van der Waals surface area (Å²) in [6.07, 6.45) is 0. The van der Waals surface area contributed by atoms with Crippen molar-refractivity contribution in [2.45, 2.75) is 13.0 Å². The van der Waals surface area contributed by atoms with Gasteiger partial charge in [-0.05, 0) is 19.1 Å². The van der Waals surface area contributed by atoms with E-state index in [1.807, 2.05) is 5.43 Å². The molecule has 0 spiro atoms. The standard InChI is InChI=1S/C11H11N3O3/c1-6(9(15)13-12)14-10(16)7-4-2-3-5-8(7)11(14)17/h2-6H,12H2,1H3,(H,13,15)/t6-/m1/s1. The lowest BCUT2D eigenvalue weighted by Crippen LogP contribution is -2.49. The van der Waals surface area contributed by atoms with Crippen molar-refractivity contribution < 1.29 is 14.4 Å². The Kier molecular flexibility index (Phi) is 2.64. The van der Waals surface area contributed by atoms with Gasteiger partial charge >= 0.3 is 0 Å². The Labute approximate surface area is 97.4 Å². The molecule has 1 heterocycles. The highest BCUT2D eigenvalue weighted by atomic mass is 16.2. The van der Waals surface area contributed by atoms with Crippen LogP contribution >= 0.6 is 0 Å². The number of nitrogens with two attached hydrogens (primary N) is 1. The second-order valence-electron chi connectivity index (χ2n) is 3.71. The molecule has 88 valence electrons. The molecule has 0 saturated heterocycles. The van der Waals surface area contributed by atoms with Gasteiger partial charge in [0.05, 0.1) is 11.1 Å². The number of hydrazine groups is 1. The molecule has 3 N–H and O–H groups in total. The molecule has 0 aliphatic carbocycles. The summed E-state index contributed by atoms with van der Waals surface area (Å²) in [7, 11) is 0. The maximum atomic E-state index is 12.0. The fourth-order valence-corrected chi connectivity index (χ4v) is 1.80. The normalized spacial score (nSPS) is 15.8. The van der Waals surface area contributed by atoms with Crippen LogP contribution in [-0.4, -0.2) is 28.7 Å². The van der Waals surface area contributed by atoms with Crippen molar-refractivity contribution in [1.29, 1.82) is 0 Å². The van der Waals surface area contributed by atoms with Gasteiger partial charge < -0.3 is 0 Å². The molecule has 0 unspecified atom stereocenters. The van der Waals surface area contributed by atoms with Gasteiger partial charge in [-0.25, -0.2) is 5.84 Å². The average molecular weight is 233 g/mol. The number of rotatable bonds is 2. The molecule has 0 radical (unpaired) electrons. The van der Waals surface area contributed by atoms with Crippen LogP contribution in [0.3, 0.4) is 0 Å². The first-order chi connectivity index (χ1) is 8.07. The summed E-state index contributed by atoms with van der Waals surface area (Å²) in [5.41, 5.74) is 2.55. The SMILES string of the molecule is C[C@H](C(=O)NN)N1C(=O)c2ccccc2C1=O. The molecule has 0 aromatic heterocycles. The number of hydrogen-bond acceptors (Lipinski definition) is 4. The summed E-state index contributed by atoms with van der Waals surface area (Å²) in [4.78, 5) is 36.2. The lowest BCUT2D eigenvalue weighted by molar-refractivity contribution is -0.124. The lowest BCUT2D eigenvalue weighted by Gasteiger charge is -2.20. The van der Waals surface area contributed by atoms with E-state index in [9.17, 15) is 14.4 Å². The molecule has 0 saturated carbocycles. The molecule has 1 aliphatic heterocycles. The summed E-state index contributed by atoms with van der Waals surface area (Å²) >= 11 is 0. The number of imide groups is 1. The van der Waals surface area contributed by atoms with Crippen LogP contribution in [0.2, 0.25) is 0 Å². The smallest absolute Gasteiger partial charge is 0.262 e. The highest BCUT2D eigenvalue weighted by Gasteiger charge is 2.40. The van der Waals surface area contributed by atoms with E-state index in [4.69, 9.17) is 5.84 Å². The molecule has 0 fully saturated rings. The second kappa shape index (κ2) is 3.99. The number of carbonyl (C=O) groups is 3. The number of nitrogens with one attached hydrogen (secondary N) is 1. The van der Waals surface area contributed by atoms with Crippen LogP contribution in [0, 0.1) is 0 Å². The van der Waals surface area contributed by atoms with Crippen LogP contribution in [0.5, 0.6) is 0 Å². The maximum absolute atomic E-state index is 12.0. The molecule has 0 bridgehead atoms. The Morgan fingerprint density at radius 2 is 1.71 bits per heavy atom. The molecular weight excluding hydrogens is 222 g/mol. The van der Waals surface area contributed by atoms with Gasteiger partial charge in [-0.15, -0.1) is 0 Å². The second-order valence-corrected chi connectivity index (χ2v) is 3.71. The van der Waals surface area contributed by atoms with Crippen molar-refractivity contribution in [3.8, 4) is 0 Å². The van der Waals surface area contributed by atoms with Crippen LogP contribution in [0.15, 0.2) is 24.3 Å². The van der Waals surface area contributed by atoms with Crippen molar-refractivity contribution in [2.75, 3.05) is 0 Å². The van der Waals surface area contributed by atoms with Gasteiger partial charge in [-0.2, -0.15) is 0 Å². The van der Waals surface area contributed by atoms with E-state index < -0.39 is 23.8 Å². The van der Waals surface area contributed by atoms with E-state index in [0.717, 1.165) is 4.90 Å². The fraction of sp³-hybridized carbons (Fsp3) is 0.182. The monoisotopic (exact) mass is 233 g/mol. The van der Waals surface area contributed by atoms with Gasteiger partial charge in [0.1, 0.15) is 6.04 Å². The predicted octanol–water partition coefficient (Wildman–Crippen LogP) is -0.339. The Hall–Kier alpha value is -2.21. The van der Waals surface area contributed by atoms with Crippen LogP contribution < -0.4 is 11.3 Å². The van der Waals surface area contributed by atoms with Crippen molar-refractivity contribution in [3.63, 3.8) is 0 Å². The lowest BCUT2D eigenvalue weighted by atomic mass is 10.1. The summed E-state index contributed by atoms with van der Waals surface area (Å²) in [5.74, 6) is 3.46. The molecule has 1 aromatic carbocycles. The number of benzene rings is 1. The Morgan fingerprint density at radius 1 is 1.24 bits per heavy atom. The highest BCUT2D eigenvalue weighted by Crippen LogP contribution is 2.24. The first-order valence-electron chi connectivity index (χ1n) is 5.05. The van der Waals surface area contributed by atoms with E-state index in [1.54, 1.807) is 24.3 Å². The van der Waals surface area contributed by atoms with Crippen molar-refractivity contribution in [2.24, 2.45) is 5.84 Å². The molecule has 1 aliphatic rings. The van der Waals surface area contributed by atoms with Crippen LogP contribution in [-0.2, 0) is 4.79 Å². The third-order valence-electron chi connectivity index (χ3n) is 2.73. The maximum Gasteiger partial charge on any atom is 0.262 e. The van der Waals surface area contributed by atoms with Gasteiger partial charge in [0, 0.05) is 0 Å². The molecular formula is C11H11N3O3. The number of fused-ring (bicyclic) bond motifs is 1. The Morgan fingerprint density at radius 3 is 2.12 bits per heavy atom. The van der Waals surface area contributed by atoms with Crippen LogP contribution in [0.4, 0.5) is 0 Å². The van der Waals surface area contributed by atoms with Gasteiger partial charge in [-0.3, -0.25) is 24.7 Å². The van der Waals surface area contributed by atoms with Crippen LogP contribution in [0.1, 0.15) is 27.6 Å². The number of hydrogen-bond donors (Lipinski definition) is 2. The summed E-state index contributed by atoms with van der Waals surface area (Å²) in [6.45, 7) is 1.45. The minimum absolute atomic E-state index is 0.314. The van der Waals surface area contributed by atoms with Gasteiger partial charge in [0.25, 0.3) is 17.7 Å². The molecule has 1 aromatic rings. The largest absolute Gasteiger partial charge is 0.292 e. The summed E-state index contributed by atoms with van der Waals surface area (Å²) in [5, 5.41) is 0. The quantitative estimate of drug-likeness (QED) is 0.316. The van der Waals surface area contributed by atoms with Crippen molar-refractivity contribution in [1.82, 2.24) is 10.3 Å². The zero-order valence-corrected chi connectivity index (χ0v) is 9.14. The molecule has 2 rings (SSSR count). The van der Waals surface area contributed by atoms with E-state index in [-0.39, 0.29) is 0 Å². The highest BCUT2D eigenvalue weighted by molar-refractivity contribution is 6.22. The van der Waals surface area contributed by atoms with Crippen LogP contribution in [0.25, 0.3) is 0 Å². The minimum Gasteiger partial charge on any atom is -0.292 e. The van der Waals surface area contributed by atoms with E-state index in [0.29, 0.717) is 11.1 Å². The van der Waals surface area contributed by atoms with Crippen molar-refractivity contribution in [3.05, 3.63) is 35.4 Å². The minimum atomic E-state index is -0.924. The summed E-state index contributed by atoms with van der Waals surface area (Å²) in [6, 6.07) is 5.53. The fourth-order valence-electron chi connectivity index (χ4n) is 1.80. The molecule has 3 amide bonds. The zero-order chi connectivity index (χ0) is 12.6. The average Bonchev–Trinajstić information content (AvgIpc) is 2.61. The number of nitrogens with zero attached hydrogens (tertiary/aromatic N) is 1. The van der Waals surface area contributed by atoms with E-state index in [1.165, 1.54) is 6.92 Å². The first-order valence-corrected chi connectivity index (χ1v) is 5.05. The number of amides is 3. The third kappa shape index (κ3) is 1.58. The van der Waals surface area contributed by atoms with Gasteiger partial charge in [-0.1, -0.05) is 12.1 Å². The van der Waals surface area contributed by atoms with Crippen molar-refractivity contribution >= 4 is 17.7 Å². The Balaban J connectivity index is 2.40. The predicted molar refractivity (Wildman–Crippen MR) is 58.7 cm³/mol. The topological polar surface area (TPSA) is 92.5 Å². The van der Waals surface area contributed by atoms with E-state index >= 15 is 0 Å². The van der Waals surface area contributed by atoms with E-state index in [2.05, 4.69) is 0 Å². The summed E-state index contributed by atoms with van der Waals surface area (Å²) < 4.78 is 0. The third-order valence-corrected chi connectivity index (χ3v) is 2.73. The molecule has 17 heavy (non-hydrogen) atoms. The molecule has 6 nitrogen and oxygen atoms in total. The zero-order valence-electron chi connectivity index (χ0n) is 9.14. The molecule has 1 atom stereocenters. The van der Waals surface area contributed by atoms with Gasteiger partial charge in [0.15, 0.2) is 0 Å².